The van der Waals surface area contributed by atoms with Gasteiger partial charge in [-0.05, 0) is 44.9 Å². The van der Waals surface area contributed by atoms with Gasteiger partial charge in [0.05, 0.1) is 30.5 Å². The van der Waals surface area contributed by atoms with Crippen molar-refractivity contribution in [3.63, 3.8) is 0 Å². The Morgan fingerprint density at radius 2 is 1.58 bits per heavy atom. The number of thioether (sulfide) groups is 1. The van der Waals surface area contributed by atoms with Gasteiger partial charge in [-0.2, -0.15) is 5.26 Å². The molecular formula is C49H68N4O10S. The third-order valence-corrected chi connectivity index (χ3v) is 15.2. The van der Waals surface area contributed by atoms with Gasteiger partial charge in [0.25, 0.3) is 0 Å². The average Bonchev–Trinajstić information content (AvgIpc) is 3.77. The highest BCUT2D eigenvalue weighted by Crippen LogP contribution is 2.64. The molecule has 0 aromatic heterocycles. The first-order chi connectivity index (χ1) is 31.1. The van der Waals surface area contributed by atoms with Crippen LogP contribution in [-0.4, -0.2) is 99.0 Å². The maximum atomic E-state index is 14.1. The first-order valence-electron chi connectivity index (χ1n) is 23.5. The average molecular weight is 905 g/mol. The summed E-state index contributed by atoms with van der Waals surface area (Å²) in [6.45, 7) is 7.24. The molecule has 0 aliphatic carbocycles. The number of unbranched alkanes of at least 4 members (excludes halogenated alkanes) is 12. The molecule has 4 bridgehead atoms. The lowest BCUT2D eigenvalue weighted by Gasteiger charge is -2.61. The van der Waals surface area contributed by atoms with Crippen molar-refractivity contribution in [3.05, 3.63) is 39.4 Å². The highest BCUT2D eigenvalue weighted by molar-refractivity contribution is 7.99. The third kappa shape index (κ3) is 9.67. The molecule has 6 aliphatic heterocycles. The van der Waals surface area contributed by atoms with Crippen LogP contribution in [0.2, 0.25) is 0 Å². The summed E-state index contributed by atoms with van der Waals surface area (Å²) in [4.78, 5) is 45.1. The molecule has 6 aliphatic rings. The van der Waals surface area contributed by atoms with Crippen LogP contribution in [0.25, 0.3) is 0 Å². The number of likely N-dealkylation sites (N-methyl/N-ethyl adjacent to an activating group) is 1. The molecule has 350 valence electrons. The van der Waals surface area contributed by atoms with Crippen LogP contribution >= 0.6 is 11.8 Å². The fourth-order valence-electron chi connectivity index (χ4n) is 10.9. The van der Waals surface area contributed by atoms with Gasteiger partial charge < -0.3 is 38.5 Å². The van der Waals surface area contributed by atoms with Crippen LogP contribution < -0.4 is 29.0 Å². The normalized spacial score (nSPS) is 24.5. The number of piperazine rings is 1. The summed E-state index contributed by atoms with van der Waals surface area (Å²) in [5.74, 6) is 1.37. The molecule has 0 saturated carbocycles. The van der Waals surface area contributed by atoms with Crippen LogP contribution in [-0.2, 0) is 30.3 Å². The second kappa shape index (κ2) is 21.8. The number of hydrogen-bond donors (Lipinski definition) is 1. The number of fused-ring (bicyclic) bond motifs is 10. The number of nitrogens with zero attached hydrogens (tertiary/aromatic N) is 3. The number of nitrogens with one attached hydrogen (secondary N) is 1. The van der Waals surface area contributed by atoms with Crippen molar-refractivity contribution in [1.82, 2.24) is 15.1 Å². The zero-order chi connectivity index (χ0) is 45.5. The number of amides is 1. The standard InChI is InChI=1S/C49H68N4O10S/c1-8-9-10-11-12-13-14-15-16-17-18-19-20-21-37(55)51-33-26-64-48-40-39(47-45(61-28-62-47)30(3)44(40)63-31(4)54)36(25-59-49(33)56)53-35(24-50)34-23-32-22-29(2)43(58-7)46(60-27-57-6)38(32)41(42(48)53)52(34)5/h22,33-36,41-42,48H,8-21,23,25-28H2,1-7H3,(H,51,55)/t33-,34-,35-,36+,41+,42?,48+/m0/s1. The lowest BCUT2D eigenvalue weighted by molar-refractivity contribution is -0.152. The first kappa shape index (κ1) is 47.7. The molecule has 7 atom stereocenters. The van der Waals surface area contributed by atoms with Gasteiger partial charge in [0, 0.05) is 60.5 Å². The summed E-state index contributed by atoms with van der Waals surface area (Å²) in [5.41, 5.74) is 4.86. The number of carbonyl (C=O) groups excluding carboxylic acids is 3. The van der Waals surface area contributed by atoms with Crippen LogP contribution in [0.5, 0.6) is 28.7 Å². The van der Waals surface area contributed by atoms with Crippen molar-refractivity contribution < 1.29 is 47.5 Å². The zero-order valence-electron chi connectivity index (χ0n) is 38.9. The number of nitriles is 1. The molecule has 8 rings (SSSR count). The maximum absolute atomic E-state index is 14.1. The number of aryl methyl sites for hydroxylation is 1. The van der Waals surface area contributed by atoms with Crippen LogP contribution in [0.1, 0.15) is 154 Å². The smallest absolute Gasteiger partial charge is 0.329 e. The van der Waals surface area contributed by atoms with Gasteiger partial charge in [-0.25, -0.2) is 4.79 Å². The summed E-state index contributed by atoms with van der Waals surface area (Å²) in [7, 11) is 5.24. The van der Waals surface area contributed by atoms with Crippen molar-refractivity contribution in [2.24, 2.45) is 0 Å². The number of rotatable bonds is 20. The van der Waals surface area contributed by atoms with Gasteiger partial charge in [0.2, 0.25) is 12.7 Å². The molecule has 64 heavy (non-hydrogen) atoms. The zero-order valence-corrected chi connectivity index (χ0v) is 39.7. The molecule has 1 amide bonds. The molecule has 1 N–H and O–H groups in total. The van der Waals surface area contributed by atoms with E-state index >= 15 is 0 Å². The molecular weight excluding hydrogens is 837 g/mol. The predicted octanol–water partition coefficient (Wildman–Crippen LogP) is 8.47. The van der Waals surface area contributed by atoms with Crippen LogP contribution in [0.3, 0.4) is 0 Å². The van der Waals surface area contributed by atoms with Crippen molar-refractivity contribution in [2.75, 3.05) is 47.2 Å². The molecule has 14 nitrogen and oxygen atoms in total. The van der Waals surface area contributed by atoms with E-state index < -0.39 is 41.4 Å². The second-order valence-corrected chi connectivity index (χ2v) is 19.2. The van der Waals surface area contributed by atoms with E-state index in [2.05, 4.69) is 34.2 Å². The van der Waals surface area contributed by atoms with Gasteiger partial charge in [-0.1, -0.05) is 90.0 Å². The molecule has 2 fully saturated rings. The highest BCUT2D eigenvalue weighted by atomic mass is 32.2. The quantitative estimate of drug-likeness (QED) is 0.0584. The molecule has 2 saturated heterocycles. The summed E-state index contributed by atoms with van der Waals surface area (Å²) < 4.78 is 42.5. The summed E-state index contributed by atoms with van der Waals surface area (Å²) in [5, 5.41) is 13.7. The van der Waals surface area contributed by atoms with E-state index in [0.29, 0.717) is 52.7 Å². The minimum atomic E-state index is -0.939. The summed E-state index contributed by atoms with van der Waals surface area (Å²) >= 11 is 1.48. The SMILES string of the molecule is CCCCCCCCCCCCCCCC(=O)N[C@H]1CS[C@@H]2c3c(OC(C)=O)c(C)c4c(c3[C@@H](COC1=O)N1C2[C@H]2c3c(cc(C)c(OC)c3OCOC)C[C@@H]([C@@H]1C#N)N2C)OCO4. The van der Waals surface area contributed by atoms with Gasteiger partial charge in [0.1, 0.15) is 24.4 Å². The fraction of sp³-hybridized carbons (Fsp3) is 0.673. The lowest BCUT2D eigenvalue weighted by Crippen LogP contribution is -2.69. The Labute approximate surface area is 383 Å². The Morgan fingerprint density at radius 1 is 0.906 bits per heavy atom. The van der Waals surface area contributed by atoms with E-state index in [1.54, 1.807) is 14.2 Å². The van der Waals surface area contributed by atoms with Gasteiger partial charge in [-0.15, -0.1) is 11.8 Å². The largest absolute Gasteiger partial charge is 0.493 e. The molecule has 6 heterocycles. The molecule has 2 aromatic rings. The van der Waals surface area contributed by atoms with Crippen LogP contribution in [0.15, 0.2) is 6.07 Å². The number of methoxy groups -OCH3 is 2. The predicted molar refractivity (Wildman–Crippen MR) is 243 cm³/mol. The molecule has 15 heteroatoms. The van der Waals surface area contributed by atoms with Crippen molar-refractivity contribution in [2.45, 2.75) is 166 Å². The van der Waals surface area contributed by atoms with E-state index in [0.717, 1.165) is 41.5 Å². The fourth-order valence-corrected chi connectivity index (χ4v) is 12.4. The Balaban J connectivity index is 1.19. The van der Waals surface area contributed by atoms with Gasteiger partial charge in [-0.3, -0.25) is 19.4 Å². The van der Waals surface area contributed by atoms with E-state index in [9.17, 15) is 19.6 Å². The van der Waals surface area contributed by atoms with E-state index in [1.165, 1.54) is 82.9 Å². The lowest BCUT2D eigenvalue weighted by atomic mass is 9.71. The minimum absolute atomic E-state index is 0.0130. The minimum Gasteiger partial charge on any atom is -0.493 e. The second-order valence-electron chi connectivity index (χ2n) is 18.0. The first-order valence-corrected chi connectivity index (χ1v) is 24.5. The van der Waals surface area contributed by atoms with E-state index in [-0.39, 0.29) is 43.9 Å². The van der Waals surface area contributed by atoms with Gasteiger partial charge >= 0.3 is 11.9 Å². The summed E-state index contributed by atoms with van der Waals surface area (Å²) in [6.07, 6.45) is 16.6. The number of ether oxygens (including phenoxy) is 7. The Bertz CT molecular complexity index is 2060. The topological polar surface area (TPSA) is 158 Å². The summed E-state index contributed by atoms with van der Waals surface area (Å²) in [6, 6.07) is 1.37. The monoisotopic (exact) mass is 904 g/mol. The van der Waals surface area contributed by atoms with Gasteiger partial charge in [0.15, 0.2) is 29.8 Å². The van der Waals surface area contributed by atoms with E-state index in [4.69, 9.17) is 33.2 Å². The van der Waals surface area contributed by atoms with Crippen molar-refractivity contribution in [3.8, 4) is 34.8 Å². The molecule has 0 radical (unpaired) electrons. The van der Waals surface area contributed by atoms with Crippen molar-refractivity contribution in [1.29, 1.82) is 5.26 Å². The Kier molecular flexibility index (Phi) is 16.3. The number of hydrogen-bond acceptors (Lipinski definition) is 14. The van der Waals surface area contributed by atoms with Crippen molar-refractivity contribution >= 4 is 29.6 Å². The number of esters is 2. The molecule has 0 spiro atoms. The molecule has 2 aromatic carbocycles. The third-order valence-electron chi connectivity index (χ3n) is 13.8. The van der Waals surface area contributed by atoms with E-state index in [1.807, 2.05) is 20.9 Å². The Hall–Kier alpha value is -4.23. The highest BCUT2D eigenvalue weighted by Gasteiger charge is 2.61. The van der Waals surface area contributed by atoms with Crippen LogP contribution in [0.4, 0.5) is 0 Å². The maximum Gasteiger partial charge on any atom is 0.329 e. The van der Waals surface area contributed by atoms with Crippen LogP contribution in [0, 0.1) is 25.2 Å². The number of benzene rings is 2. The Morgan fingerprint density at radius 3 is 2.22 bits per heavy atom. The molecule has 1 unspecified atom stereocenters. The number of carbonyl (C=O) groups is 3.